The molecular formula is C19H31ClN6. The average molecular weight is 379 g/mol. The molecule has 7 heteroatoms. The molecule has 3 heterocycles. The zero-order valence-corrected chi connectivity index (χ0v) is 16.7. The van der Waals surface area contributed by atoms with Gasteiger partial charge in [0.15, 0.2) is 5.96 Å². The summed E-state index contributed by atoms with van der Waals surface area (Å²) in [7, 11) is 1.83. The van der Waals surface area contributed by atoms with Gasteiger partial charge in [-0.05, 0) is 43.9 Å². The fourth-order valence-corrected chi connectivity index (χ4v) is 4.13. The van der Waals surface area contributed by atoms with Gasteiger partial charge in [-0.1, -0.05) is 18.5 Å². The average Bonchev–Trinajstić information content (AvgIpc) is 3.09. The van der Waals surface area contributed by atoms with E-state index < -0.39 is 0 Å². The van der Waals surface area contributed by atoms with Crippen LogP contribution in [0.3, 0.4) is 0 Å². The van der Waals surface area contributed by atoms with Crippen molar-refractivity contribution in [2.24, 2.45) is 10.9 Å². The van der Waals surface area contributed by atoms with Crippen molar-refractivity contribution in [2.45, 2.75) is 32.2 Å². The van der Waals surface area contributed by atoms with E-state index in [4.69, 9.17) is 11.6 Å². The second-order valence-corrected chi connectivity index (χ2v) is 7.84. The number of likely N-dealkylation sites (tertiary alicyclic amines) is 1. The zero-order chi connectivity index (χ0) is 18.4. The zero-order valence-electron chi connectivity index (χ0n) is 15.9. The summed E-state index contributed by atoms with van der Waals surface area (Å²) < 4.78 is 0. The van der Waals surface area contributed by atoms with Gasteiger partial charge in [-0.25, -0.2) is 4.98 Å². The lowest BCUT2D eigenvalue weighted by atomic mass is 10.0. The van der Waals surface area contributed by atoms with Gasteiger partial charge in [0.2, 0.25) is 0 Å². The van der Waals surface area contributed by atoms with Crippen LogP contribution in [0.4, 0.5) is 5.82 Å². The van der Waals surface area contributed by atoms with E-state index in [-0.39, 0.29) is 0 Å². The SMILES string of the molecule is CN=C(NCCN1CCCC(C)C1)NC1CCN(c2ncccc2Cl)C1. The van der Waals surface area contributed by atoms with Gasteiger partial charge in [0.1, 0.15) is 5.82 Å². The lowest BCUT2D eigenvalue weighted by molar-refractivity contribution is 0.187. The number of pyridine rings is 1. The van der Waals surface area contributed by atoms with E-state index in [0.717, 1.165) is 50.3 Å². The largest absolute Gasteiger partial charge is 0.355 e. The van der Waals surface area contributed by atoms with Crippen molar-refractivity contribution in [3.63, 3.8) is 0 Å². The Balaban J connectivity index is 1.42. The third kappa shape index (κ3) is 5.24. The molecule has 2 unspecified atom stereocenters. The highest BCUT2D eigenvalue weighted by Gasteiger charge is 2.25. The predicted molar refractivity (Wildman–Crippen MR) is 109 cm³/mol. The number of halogens is 1. The smallest absolute Gasteiger partial charge is 0.191 e. The number of rotatable bonds is 5. The minimum absolute atomic E-state index is 0.356. The Hall–Kier alpha value is -1.53. The van der Waals surface area contributed by atoms with Gasteiger partial charge in [-0.2, -0.15) is 0 Å². The number of hydrogen-bond acceptors (Lipinski definition) is 4. The van der Waals surface area contributed by atoms with E-state index >= 15 is 0 Å². The molecule has 2 atom stereocenters. The molecule has 144 valence electrons. The summed E-state index contributed by atoms with van der Waals surface area (Å²) in [5, 5.41) is 7.71. The number of aromatic nitrogens is 1. The lowest BCUT2D eigenvalue weighted by Crippen LogP contribution is -2.47. The van der Waals surface area contributed by atoms with E-state index in [0.29, 0.717) is 11.1 Å². The third-order valence-electron chi connectivity index (χ3n) is 5.25. The van der Waals surface area contributed by atoms with Crippen LogP contribution < -0.4 is 15.5 Å². The first kappa shape index (κ1) is 19.2. The van der Waals surface area contributed by atoms with Gasteiger partial charge < -0.3 is 20.4 Å². The Labute approximate surface area is 162 Å². The molecule has 2 saturated heterocycles. The molecule has 0 spiro atoms. The highest BCUT2D eigenvalue weighted by atomic mass is 35.5. The number of nitrogens with zero attached hydrogens (tertiary/aromatic N) is 4. The fourth-order valence-electron chi connectivity index (χ4n) is 3.89. The van der Waals surface area contributed by atoms with E-state index in [1.807, 2.05) is 19.2 Å². The Morgan fingerprint density at radius 2 is 2.23 bits per heavy atom. The highest BCUT2D eigenvalue weighted by Crippen LogP contribution is 2.25. The number of guanidine groups is 1. The normalized spacial score (nSPS) is 24.7. The van der Waals surface area contributed by atoms with Crippen LogP contribution in [0.5, 0.6) is 0 Å². The Bertz CT molecular complexity index is 607. The Kier molecular flexibility index (Phi) is 6.97. The molecule has 1 aromatic rings. The molecule has 1 aromatic heterocycles. The van der Waals surface area contributed by atoms with Crippen LogP contribution in [0.25, 0.3) is 0 Å². The molecule has 0 saturated carbocycles. The van der Waals surface area contributed by atoms with Crippen LogP contribution in [0.2, 0.25) is 5.02 Å². The molecule has 2 aliphatic heterocycles. The number of anilines is 1. The molecule has 6 nitrogen and oxygen atoms in total. The predicted octanol–water partition coefficient (Wildman–Crippen LogP) is 2.21. The van der Waals surface area contributed by atoms with Gasteiger partial charge in [-0.3, -0.25) is 4.99 Å². The molecule has 3 rings (SSSR count). The number of aliphatic imine (C=N–C) groups is 1. The first-order chi connectivity index (χ1) is 12.7. The minimum atomic E-state index is 0.356. The summed E-state index contributed by atoms with van der Waals surface area (Å²) in [6, 6.07) is 4.12. The van der Waals surface area contributed by atoms with Gasteiger partial charge >= 0.3 is 0 Å². The molecule has 2 aliphatic rings. The molecule has 2 N–H and O–H groups in total. The van der Waals surface area contributed by atoms with Gasteiger partial charge in [-0.15, -0.1) is 0 Å². The third-order valence-corrected chi connectivity index (χ3v) is 5.55. The van der Waals surface area contributed by atoms with Crippen molar-refractivity contribution < 1.29 is 0 Å². The standard InChI is InChI=1S/C19H31ClN6/c1-15-5-4-10-25(13-15)12-9-23-19(21-2)24-16-7-11-26(14-16)18-17(20)6-3-8-22-18/h3,6,8,15-16H,4-5,7,9-14H2,1-2H3,(H2,21,23,24). The molecule has 0 amide bonds. The molecule has 0 aliphatic carbocycles. The minimum Gasteiger partial charge on any atom is -0.355 e. The number of hydrogen-bond donors (Lipinski definition) is 2. The van der Waals surface area contributed by atoms with Crippen LogP contribution >= 0.6 is 11.6 Å². The summed E-state index contributed by atoms with van der Waals surface area (Å²) in [5.41, 5.74) is 0. The molecule has 0 radical (unpaired) electrons. The van der Waals surface area contributed by atoms with Crippen LogP contribution in [-0.4, -0.2) is 68.2 Å². The molecule has 2 fully saturated rings. The first-order valence-electron chi connectivity index (χ1n) is 9.70. The van der Waals surface area contributed by atoms with Gasteiger partial charge in [0.25, 0.3) is 0 Å². The van der Waals surface area contributed by atoms with Crippen LogP contribution in [0.1, 0.15) is 26.2 Å². The molecule has 26 heavy (non-hydrogen) atoms. The van der Waals surface area contributed by atoms with Crippen molar-refractivity contribution in [1.82, 2.24) is 20.5 Å². The quantitative estimate of drug-likeness (QED) is 0.607. The van der Waals surface area contributed by atoms with Crippen LogP contribution in [-0.2, 0) is 0 Å². The first-order valence-corrected chi connectivity index (χ1v) is 10.1. The molecular weight excluding hydrogens is 348 g/mol. The lowest BCUT2D eigenvalue weighted by Gasteiger charge is -2.31. The highest BCUT2D eigenvalue weighted by molar-refractivity contribution is 6.32. The summed E-state index contributed by atoms with van der Waals surface area (Å²) in [6.45, 7) is 8.63. The van der Waals surface area contributed by atoms with Crippen molar-refractivity contribution in [2.75, 3.05) is 51.2 Å². The van der Waals surface area contributed by atoms with Crippen molar-refractivity contribution in [3.05, 3.63) is 23.4 Å². The molecule has 0 aromatic carbocycles. The van der Waals surface area contributed by atoms with Gasteiger partial charge in [0.05, 0.1) is 5.02 Å². The van der Waals surface area contributed by atoms with Crippen molar-refractivity contribution in [3.8, 4) is 0 Å². The van der Waals surface area contributed by atoms with E-state index in [2.05, 4.69) is 37.3 Å². The maximum Gasteiger partial charge on any atom is 0.191 e. The Morgan fingerprint density at radius 1 is 1.35 bits per heavy atom. The van der Waals surface area contributed by atoms with Crippen molar-refractivity contribution in [1.29, 1.82) is 0 Å². The number of piperidine rings is 1. The maximum absolute atomic E-state index is 6.27. The maximum atomic E-state index is 6.27. The fraction of sp³-hybridized carbons (Fsp3) is 0.684. The summed E-state index contributed by atoms with van der Waals surface area (Å²) in [4.78, 5) is 13.6. The second-order valence-electron chi connectivity index (χ2n) is 7.43. The molecule has 0 bridgehead atoms. The van der Waals surface area contributed by atoms with Crippen molar-refractivity contribution >= 4 is 23.4 Å². The van der Waals surface area contributed by atoms with E-state index in [1.54, 1.807) is 6.20 Å². The summed E-state index contributed by atoms with van der Waals surface area (Å²) >= 11 is 6.27. The monoisotopic (exact) mass is 378 g/mol. The van der Waals surface area contributed by atoms with E-state index in [1.165, 1.54) is 25.9 Å². The van der Waals surface area contributed by atoms with Crippen LogP contribution in [0, 0.1) is 5.92 Å². The second kappa shape index (κ2) is 9.42. The van der Waals surface area contributed by atoms with Crippen LogP contribution in [0.15, 0.2) is 23.3 Å². The van der Waals surface area contributed by atoms with E-state index in [9.17, 15) is 0 Å². The topological polar surface area (TPSA) is 55.8 Å². The number of nitrogens with one attached hydrogen (secondary N) is 2. The van der Waals surface area contributed by atoms with Gasteiger partial charge in [0, 0.05) is 52.0 Å². The Morgan fingerprint density at radius 3 is 3.00 bits per heavy atom. The summed E-state index contributed by atoms with van der Waals surface area (Å²) in [5.74, 6) is 2.58. The summed E-state index contributed by atoms with van der Waals surface area (Å²) in [6.07, 6.45) is 5.54.